The van der Waals surface area contributed by atoms with Crippen molar-refractivity contribution in [1.82, 2.24) is 4.98 Å². The Morgan fingerprint density at radius 1 is 1.00 bits per heavy atom. The second-order valence-corrected chi connectivity index (χ2v) is 7.62. The predicted molar refractivity (Wildman–Crippen MR) is 78.6 cm³/mol. The standard InChI is InChI=1S/C11H9NS4/c1-13-9-3-6-7-4-10(14-2)16-11(7)12-5-8(6)15-9/h3-5H,1-2H3. The molecule has 0 aliphatic carbocycles. The molecular weight excluding hydrogens is 274 g/mol. The van der Waals surface area contributed by atoms with Gasteiger partial charge in [0.05, 0.1) is 13.1 Å². The van der Waals surface area contributed by atoms with Crippen LogP contribution < -0.4 is 0 Å². The van der Waals surface area contributed by atoms with E-state index in [-0.39, 0.29) is 0 Å². The van der Waals surface area contributed by atoms with Crippen LogP contribution in [0, 0.1) is 0 Å². The molecular formula is C11H9NS4. The Labute approximate surface area is 110 Å². The van der Waals surface area contributed by atoms with Crippen molar-refractivity contribution in [3.8, 4) is 0 Å². The zero-order valence-electron chi connectivity index (χ0n) is 8.81. The number of thiophene rings is 2. The van der Waals surface area contributed by atoms with E-state index in [0.717, 1.165) is 4.83 Å². The maximum absolute atomic E-state index is 4.53. The predicted octanol–water partition coefficient (Wildman–Crippen LogP) is 4.95. The maximum Gasteiger partial charge on any atom is 0.125 e. The highest BCUT2D eigenvalue weighted by Crippen LogP contribution is 2.39. The van der Waals surface area contributed by atoms with Gasteiger partial charge in [-0.1, -0.05) is 0 Å². The highest BCUT2D eigenvalue weighted by atomic mass is 32.2. The molecule has 0 spiro atoms. The summed E-state index contributed by atoms with van der Waals surface area (Å²) in [6, 6.07) is 4.54. The van der Waals surface area contributed by atoms with Crippen LogP contribution in [0.2, 0.25) is 0 Å². The van der Waals surface area contributed by atoms with Gasteiger partial charge in [-0.05, 0) is 24.6 Å². The van der Waals surface area contributed by atoms with E-state index in [2.05, 4.69) is 29.6 Å². The lowest BCUT2D eigenvalue weighted by molar-refractivity contribution is 1.49. The minimum absolute atomic E-state index is 1.15. The first-order valence-corrected chi connectivity index (χ1v) is 8.80. The van der Waals surface area contributed by atoms with Crippen molar-refractivity contribution in [1.29, 1.82) is 0 Å². The van der Waals surface area contributed by atoms with E-state index in [1.807, 2.05) is 17.5 Å². The molecule has 0 saturated carbocycles. The third kappa shape index (κ3) is 1.66. The van der Waals surface area contributed by atoms with Crippen molar-refractivity contribution in [2.24, 2.45) is 0 Å². The molecule has 0 aromatic carbocycles. The van der Waals surface area contributed by atoms with Crippen molar-refractivity contribution < 1.29 is 0 Å². The first-order chi connectivity index (χ1) is 7.81. The van der Waals surface area contributed by atoms with Crippen LogP contribution in [-0.4, -0.2) is 17.5 Å². The average Bonchev–Trinajstić information content (AvgIpc) is 2.90. The number of rotatable bonds is 2. The van der Waals surface area contributed by atoms with Gasteiger partial charge < -0.3 is 0 Å². The van der Waals surface area contributed by atoms with Crippen LogP contribution in [-0.2, 0) is 0 Å². The van der Waals surface area contributed by atoms with E-state index < -0.39 is 0 Å². The van der Waals surface area contributed by atoms with Gasteiger partial charge in [0.1, 0.15) is 4.83 Å². The Morgan fingerprint density at radius 3 is 2.44 bits per heavy atom. The number of hydrogen-bond acceptors (Lipinski definition) is 5. The van der Waals surface area contributed by atoms with Gasteiger partial charge in [-0.25, -0.2) is 4.98 Å². The highest BCUT2D eigenvalue weighted by Gasteiger charge is 2.09. The summed E-state index contributed by atoms with van der Waals surface area (Å²) in [7, 11) is 0. The normalized spacial score (nSPS) is 11.6. The van der Waals surface area contributed by atoms with Crippen LogP contribution in [0.3, 0.4) is 0 Å². The fraction of sp³-hybridized carbons (Fsp3) is 0.182. The maximum atomic E-state index is 4.53. The number of aromatic nitrogens is 1. The smallest absolute Gasteiger partial charge is 0.125 e. The van der Waals surface area contributed by atoms with Gasteiger partial charge in [0.15, 0.2) is 0 Å². The summed E-state index contributed by atoms with van der Waals surface area (Å²) in [6.07, 6.45) is 6.24. The molecule has 1 nitrogen and oxygen atoms in total. The number of fused-ring (bicyclic) bond motifs is 3. The number of pyridine rings is 1. The largest absolute Gasteiger partial charge is 0.244 e. The molecule has 0 atom stereocenters. The SMILES string of the molecule is CSc1cc2c(cnc3sc(SC)cc32)s1. The zero-order chi connectivity index (χ0) is 11.1. The van der Waals surface area contributed by atoms with Gasteiger partial charge in [0.25, 0.3) is 0 Å². The van der Waals surface area contributed by atoms with Crippen molar-refractivity contribution in [2.45, 2.75) is 8.42 Å². The summed E-state index contributed by atoms with van der Waals surface area (Å²) >= 11 is 7.20. The van der Waals surface area contributed by atoms with Gasteiger partial charge in [-0.15, -0.1) is 46.2 Å². The fourth-order valence-corrected chi connectivity index (χ4v) is 4.83. The summed E-state index contributed by atoms with van der Waals surface area (Å²) in [5, 5.41) is 2.67. The molecule has 16 heavy (non-hydrogen) atoms. The Kier molecular flexibility index (Phi) is 2.87. The number of thioether (sulfide) groups is 2. The van der Waals surface area contributed by atoms with Gasteiger partial charge in [0, 0.05) is 17.0 Å². The van der Waals surface area contributed by atoms with Gasteiger partial charge >= 0.3 is 0 Å². The molecule has 0 bridgehead atoms. The zero-order valence-corrected chi connectivity index (χ0v) is 12.1. The van der Waals surface area contributed by atoms with Crippen LogP contribution >= 0.6 is 46.2 Å². The molecule has 0 radical (unpaired) electrons. The molecule has 82 valence electrons. The minimum atomic E-state index is 1.15. The second kappa shape index (κ2) is 4.22. The van der Waals surface area contributed by atoms with Crippen LogP contribution in [0.4, 0.5) is 0 Å². The van der Waals surface area contributed by atoms with Crippen LogP contribution in [0.15, 0.2) is 26.7 Å². The molecule has 0 unspecified atom stereocenters. The molecule has 3 aromatic rings. The molecule has 0 fully saturated rings. The molecule has 0 aliphatic heterocycles. The summed E-state index contributed by atoms with van der Waals surface area (Å²) in [5.41, 5.74) is 0. The topological polar surface area (TPSA) is 12.9 Å². The summed E-state index contributed by atoms with van der Waals surface area (Å²) in [6.45, 7) is 0. The third-order valence-corrected chi connectivity index (χ3v) is 6.66. The Morgan fingerprint density at radius 2 is 1.69 bits per heavy atom. The Balaban J connectivity index is 2.37. The quantitative estimate of drug-likeness (QED) is 0.617. The van der Waals surface area contributed by atoms with Gasteiger partial charge in [-0.2, -0.15) is 0 Å². The number of nitrogens with zero attached hydrogens (tertiary/aromatic N) is 1. The van der Waals surface area contributed by atoms with Crippen LogP contribution in [0.5, 0.6) is 0 Å². The summed E-state index contributed by atoms with van der Waals surface area (Å²) < 4.78 is 4.00. The summed E-state index contributed by atoms with van der Waals surface area (Å²) in [4.78, 5) is 5.69. The minimum Gasteiger partial charge on any atom is -0.244 e. The average molecular weight is 283 g/mol. The summed E-state index contributed by atoms with van der Waals surface area (Å²) in [5.74, 6) is 0. The van der Waals surface area contributed by atoms with Crippen molar-refractivity contribution in [3.63, 3.8) is 0 Å². The van der Waals surface area contributed by atoms with E-state index >= 15 is 0 Å². The Hall–Kier alpha value is -0.230. The van der Waals surface area contributed by atoms with E-state index in [4.69, 9.17) is 0 Å². The molecule has 3 aromatic heterocycles. The monoisotopic (exact) mass is 283 g/mol. The first kappa shape index (κ1) is 10.9. The fourth-order valence-electron chi connectivity index (χ4n) is 1.65. The molecule has 0 amide bonds. The molecule has 0 aliphatic rings. The first-order valence-electron chi connectivity index (χ1n) is 4.72. The lowest BCUT2D eigenvalue weighted by Gasteiger charge is -1.89. The van der Waals surface area contributed by atoms with Crippen molar-refractivity contribution >= 4 is 66.5 Å². The van der Waals surface area contributed by atoms with E-state index in [0.29, 0.717) is 0 Å². The highest BCUT2D eigenvalue weighted by molar-refractivity contribution is 8.00. The van der Waals surface area contributed by atoms with Gasteiger partial charge in [0.2, 0.25) is 0 Å². The van der Waals surface area contributed by atoms with E-state index in [1.165, 1.54) is 23.9 Å². The molecule has 5 heteroatoms. The van der Waals surface area contributed by atoms with Crippen LogP contribution in [0.25, 0.3) is 20.3 Å². The van der Waals surface area contributed by atoms with E-state index in [1.54, 1.807) is 34.9 Å². The van der Waals surface area contributed by atoms with Crippen molar-refractivity contribution in [3.05, 3.63) is 18.3 Å². The molecule has 0 saturated heterocycles. The van der Waals surface area contributed by atoms with E-state index in [9.17, 15) is 0 Å². The third-order valence-electron chi connectivity index (χ3n) is 2.42. The molecule has 3 rings (SSSR count). The number of hydrogen-bond donors (Lipinski definition) is 0. The molecule has 0 N–H and O–H groups in total. The Bertz CT molecular complexity index is 595. The van der Waals surface area contributed by atoms with Crippen molar-refractivity contribution in [2.75, 3.05) is 12.5 Å². The second-order valence-electron chi connectivity index (χ2n) is 3.29. The lowest BCUT2D eigenvalue weighted by Crippen LogP contribution is -1.69. The molecule has 3 heterocycles. The van der Waals surface area contributed by atoms with Crippen LogP contribution in [0.1, 0.15) is 0 Å². The van der Waals surface area contributed by atoms with Gasteiger partial charge in [-0.3, -0.25) is 0 Å². The lowest BCUT2D eigenvalue weighted by atomic mass is 10.2.